The molecule has 2 heteroatoms. The standard InChI is InChI=1S/C28H34O2/c1-6-8-19-10-12-24(29)22(16-19)23-17-20(9-7-2)11-13-25(23)30-26-18-21-14-15-28(26,5)27(21,3)4/h6-7,10-13,16-17,21,26,29H,1-2,8-9,14-15,18H2,3-5H3. The van der Waals surface area contributed by atoms with E-state index in [2.05, 4.69) is 58.2 Å². The van der Waals surface area contributed by atoms with E-state index in [4.69, 9.17) is 4.74 Å². The summed E-state index contributed by atoms with van der Waals surface area (Å²) in [6.07, 6.45) is 9.20. The van der Waals surface area contributed by atoms with Crippen molar-refractivity contribution >= 4 is 0 Å². The fourth-order valence-corrected chi connectivity index (χ4v) is 5.74. The number of benzene rings is 2. The van der Waals surface area contributed by atoms with Crippen LogP contribution in [0.2, 0.25) is 0 Å². The van der Waals surface area contributed by atoms with Gasteiger partial charge >= 0.3 is 0 Å². The van der Waals surface area contributed by atoms with Gasteiger partial charge in [0, 0.05) is 16.5 Å². The van der Waals surface area contributed by atoms with Crippen LogP contribution in [0, 0.1) is 16.7 Å². The van der Waals surface area contributed by atoms with Gasteiger partial charge in [0.25, 0.3) is 0 Å². The molecule has 0 heterocycles. The Bertz CT molecular complexity index is 971. The number of fused-ring (bicyclic) bond motifs is 2. The first-order valence-electron chi connectivity index (χ1n) is 11.1. The number of hydrogen-bond donors (Lipinski definition) is 1. The third kappa shape index (κ3) is 3.27. The van der Waals surface area contributed by atoms with Gasteiger partial charge in [0.05, 0.1) is 0 Å². The lowest BCUT2D eigenvalue weighted by molar-refractivity contribution is 0.0305. The number of hydrogen-bond acceptors (Lipinski definition) is 2. The van der Waals surface area contributed by atoms with Crippen LogP contribution in [0.1, 0.15) is 51.2 Å². The number of aromatic hydroxyl groups is 1. The summed E-state index contributed by atoms with van der Waals surface area (Å²) in [7, 11) is 0. The molecule has 0 aromatic heterocycles. The third-order valence-corrected chi connectivity index (χ3v) is 8.14. The van der Waals surface area contributed by atoms with E-state index in [9.17, 15) is 5.11 Å². The Labute approximate surface area is 181 Å². The van der Waals surface area contributed by atoms with Crippen molar-refractivity contribution in [2.24, 2.45) is 16.7 Å². The van der Waals surface area contributed by atoms with E-state index in [-0.39, 0.29) is 17.3 Å². The number of phenols is 1. The maximum absolute atomic E-state index is 10.7. The molecule has 2 aromatic carbocycles. The van der Waals surface area contributed by atoms with Crippen molar-refractivity contribution < 1.29 is 9.84 Å². The van der Waals surface area contributed by atoms with Crippen molar-refractivity contribution in [2.75, 3.05) is 0 Å². The summed E-state index contributed by atoms with van der Waals surface area (Å²) in [4.78, 5) is 0. The third-order valence-electron chi connectivity index (χ3n) is 8.14. The van der Waals surface area contributed by atoms with Crippen molar-refractivity contribution in [3.63, 3.8) is 0 Å². The Kier molecular flexibility index (Phi) is 5.30. The van der Waals surface area contributed by atoms with Gasteiger partial charge in [0.2, 0.25) is 0 Å². The summed E-state index contributed by atoms with van der Waals surface area (Å²) in [5.41, 5.74) is 4.56. The van der Waals surface area contributed by atoms with E-state index < -0.39 is 0 Å². The zero-order valence-corrected chi connectivity index (χ0v) is 18.6. The van der Waals surface area contributed by atoms with E-state index >= 15 is 0 Å². The lowest BCUT2D eigenvalue weighted by Crippen LogP contribution is -2.38. The van der Waals surface area contributed by atoms with Gasteiger partial charge < -0.3 is 9.84 Å². The lowest BCUT2D eigenvalue weighted by atomic mass is 9.70. The first-order valence-corrected chi connectivity index (χ1v) is 11.1. The zero-order valence-electron chi connectivity index (χ0n) is 18.6. The van der Waals surface area contributed by atoms with E-state index in [1.54, 1.807) is 6.07 Å². The normalized spacial score (nSPS) is 26.5. The Morgan fingerprint density at radius 1 is 1.00 bits per heavy atom. The van der Waals surface area contributed by atoms with Crippen molar-refractivity contribution in [3.8, 4) is 22.6 Å². The Hall–Kier alpha value is -2.48. The van der Waals surface area contributed by atoms with Crippen LogP contribution in [0.3, 0.4) is 0 Å². The molecule has 3 unspecified atom stereocenters. The summed E-state index contributed by atoms with van der Waals surface area (Å²) in [6, 6.07) is 12.1. The highest BCUT2D eigenvalue weighted by atomic mass is 16.5. The molecule has 0 amide bonds. The second-order valence-corrected chi connectivity index (χ2v) is 9.88. The van der Waals surface area contributed by atoms with Crippen molar-refractivity contribution in [2.45, 2.75) is 59.0 Å². The zero-order chi connectivity index (χ0) is 21.5. The number of ether oxygens (including phenoxy) is 1. The van der Waals surface area contributed by atoms with Crippen LogP contribution in [0.4, 0.5) is 0 Å². The fourth-order valence-electron chi connectivity index (χ4n) is 5.74. The summed E-state index contributed by atoms with van der Waals surface area (Å²) in [5, 5.41) is 10.7. The van der Waals surface area contributed by atoms with Crippen LogP contribution in [0.25, 0.3) is 11.1 Å². The SMILES string of the molecule is C=CCc1ccc(O)c(-c2cc(CC=C)ccc2OC2CC3CCC2(C)C3(C)C)c1. The van der Waals surface area contributed by atoms with Gasteiger partial charge in [-0.2, -0.15) is 0 Å². The largest absolute Gasteiger partial charge is 0.507 e. The Morgan fingerprint density at radius 2 is 1.63 bits per heavy atom. The molecule has 0 saturated heterocycles. The van der Waals surface area contributed by atoms with Crippen LogP contribution >= 0.6 is 0 Å². The van der Waals surface area contributed by atoms with Crippen LogP contribution in [0.15, 0.2) is 61.7 Å². The highest BCUT2D eigenvalue weighted by Crippen LogP contribution is 2.66. The average molecular weight is 403 g/mol. The van der Waals surface area contributed by atoms with Gasteiger partial charge in [-0.25, -0.2) is 0 Å². The van der Waals surface area contributed by atoms with Gasteiger partial charge in [-0.1, -0.05) is 45.1 Å². The van der Waals surface area contributed by atoms with Crippen LogP contribution in [-0.4, -0.2) is 11.2 Å². The highest BCUT2D eigenvalue weighted by Gasteiger charge is 2.62. The van der Waals surface area contributed by atoms with E-state index in [0.29, 0.717) is 5.41 Å². The molecule has 0 spiro atoms. The second-order valence-electron chi connectivity index (χ2n) is 9.88. The van der Waals surface area contributed by atoms with Crippen molar-refractivity contribution in [3.05, 3.63) is 72.8 Å². The van der Waals surface area contributed by atoms with E-state index in [1.807, 2.05) is 18.2 Å². The quantitative estimate of drug-likeness (QED) is 0.500. The molecule has 4 rings (SSSR count). The number of rotatable bonds is 7. The molecule has 2 fully saturated rings. The molecule has 2 bridgehead atoms. The minimum absolute atomic E-state index is 0.182. The fraction of sp³-hybridized carbons (Fsp3) is 0.429. The maximum atomic E-state index is 10.7. The Balaban J connectivity index is 1.76. The molecule has 158 valence electrons. The molecular weight excluding hydrogens is 368 g/mol. The monoisotopic (exact) mass is 402 g/mol. The van der Waals surface area contributed by atoms with Gasteiger partial charge in [-0.3, -0.25) is 0 Å². The molecule has 2 nitrogen and oxygen atoms in total. The molecule has 1 N–H and O–H groups in total. The number of phenolic OH excluding ortho intramolecular Hbond substituents is 1. The van der Waals surface area contributed by atoms with Crippen LogP contribution in [-0.2, 0) is 12.8 Å². The smallest absolute Gasteiger partial charge is 0.127 e. The molecule has 2 aliphatic carbocycles. The summed E-state index contributed by atoms with van der Waals surface area (Å²) in [6.45, 7) is 14.9. The molecule has 30 heavy (non-hydrogen) atoms. The summed E-state index contributed by atoms with van der Waals surface area (Å²) in [5.74, 6) is 1.87. The van der Waals surface area contributed by atoms with Gasteiger partial charge in [0.1, 0.15) is 17.6 Å². The summed E-state index contributed by atoms with van der Waals surface area (Å²) >= 11 is 0. The molecule has 2 saturated carbocycles. The minimum atomic E-state index is 0.182. The minimum Gasteiger partial charge on any atom is -0.507 e. The topological polar surface area (TPSA) is 29.5 Å². The first kappa shape index (κ1) is 20.8. The summed E-state index contributed by atoms with van der Waals surface area (Å²) < 4.78 is 6.76. The highest BCUT2D eigenvalue weighted by molar-refractivity contribution is 5.77. The average Bonchev–Trinajstić information content (AvgIpc) is 3.04. The predicted molar refractivity (Wildman–Crippen MR) is 125 cm³/mol. The number of allylic oxidation sites excluding steroid dienone is 2. The van der Waals surface area contributed by atoms with Crippen LogP contribution in [0.5, 0.6) is 11.5 Å². The maximum Gasteiger partial charge on any atom is 0.127 e. The van der Waals surface area contributed by atoms with E-state index in [0.717, 1.165) is 47.6 Å². The van der Waals surface area contributed by atoms with Crippen molar-refractivity contribution in [1.29, 1.82) is 0 Å². The molecule has 2 aliphatic rings. The van der Waals surface area contributed by atoms with Gasteiger partial charge in [0.15, 0.2) is 0 Å². The van der Waals surface area contributed by atoms with Gasteiger partial charge in [-0.05, 0) is 78.8 Å². The predicted octanol–water partition coefficient (Wildman–Crippen LogP) is 7.11. The Morgan fingerprint density at radius 3 is 2.20 bits per heavy atom. The van der Waals surface area contributed by atoms with Crippen LogP contribution < -0.4 is 4.74 Å². The first-order chi connectivity index (χ1) is 14.3. The lowest BCUT2D eigenvalue weighted by Gasteiger charge is -2.39. The molecule has 2 aromatic rings. The van der Waals surface area contributed by atoms with Gasteiger partial charge in [-0.15, -0.1) is 13.2 Å². The molecule has 3 atom stereocenters. The molecule has 0 radical (unpaired) electrons. The molecular formula is C28H34O2. The van der Waals surface area contributed by atoms with Crippen molar-refractivity contribution in [1.82, 2.24) is 0 Å². The molecule has 0 aliphatic heterocycles. The van der Waals surface area contributed by atoms with E-state index in [1.165, 1.54) is 18.4 Å². The second kappa shape index (κ2) is 7.65.